The van der Waals surface area contributed by atoms with E-state index in [0.717, 1.165) is 0 Å². The van der Waals surface area contributed by atoms with E-state index in [1.54, 1.807) is 23.7 Å². The monoisotopic (exact) mass is 255 g/mol. The van der Waals surface area contributed by atoms with Crippen LogP contribution in [-0.2, 0) is 7.05 Å². The van der Waals surface area contributed by atoms with Gasteiger partial charge in [0.25, 0.3) is 0 Å². The smallest absolute Gasteiger partial charge is 0.153 e. The van der Waals surface area contributed by atoms with Crippen molar-refractivity contribution in [2.45, 2.75) is 0 Å². The number of aromatic nitrogens is 1. The predicted octanol–water partition coefficient (Wildman–Crippen LogP) is 2.89. The number of hydrogen-bond donors (Lipinski definition) is 0. The Morgan fingerprint density at radius 2 is 2.21 bits per heavy atom. The molecule has 0 N–H and O–H groups in total. The fourth-order valence-electron chi connectivity index (χ4n) is 1.56. The van der Waals surface area contributed by atoms with Crippen molar-refractivity contribution in [2.24, 2.45) is 7.05 Å². The minimum absolute atomic E-state index is 0.362. The molecule has 0 aliphatic heterocycles. The summed E-state index contributed by atoms with van der Waals surface area (Å²) in [7, 11) is 1.78. The normalized spacial score (nSPS) is 10.8. The second-order valence-electron chi connectivity index (χ2n) is 3.02. The number of benzene rings is 1. The highest BCUT2D eigenvalue weighted by atomic mass is 79.9. The zero-order valence-corrected chi connectivity index (χ0v) is 9.01. The standard InChI is InChI=1S/C10H7BrFNO/c1-13-8-4-2-3-7(12)9(8)6(5-14)10(13)11/h2-5H,1H3. The van der Waals surface area contributed by atoms with Gasteiger partial charge in [-0.15, -0.1) is 0 Å². The molecule has 0 saturated heterocycles. The molecule has 0 aliphatic carbocycles. The maximum Gasteiger partial charge on any atom is 0.153 e. The van der Waals surface area contributed by atoms with Crippen LogP contribution in [0.5, 0.6) is 0 Å². The largest absolute Gasteiger partial charge is 0.338 e. The van der Waals surface area contributed by atoms with Crippen LogP contribution in [0.15, 0.2) is 22.8 Å². The Kier molecular flexibility index (Phi) is 2.15. The van der Waals surface area contributed by atoms with Gasteiger partial charge in [0, 0.05) is 12.4 Å². The summed E-state index contributed by atoms with van der Waals surface area (Å²) < 4.78 is 15.8. The third-order valence-electron chi connectivity index (χ3n) is 2.26. The summed E-state index contributed by atoms with van der Waals surface area (Å²) in [5, 5.41) is 0.372. The Morgan fingerprint density at radius 3 is 2.86 bits per heavy atom. The van der Waals surface area contributed by atoms with Crippen LogP contribution >= 0.6 is 15.9 Å². The Hall–Kier alpha value is -1.16. The van der Waals surface area contributed by atoms with Crippen molar-refractivity contribution < 1.29 is 9.18 Å². The lowest BCUT2D eigenvalue weighted by atomic mass is 10.2. The first-order chi connectivity index (χ1) is 6.66. The molecule has 2 rings (SSSR count). The molecule has 0 aliphatic rings. The third kappa shape index (κ3) is 1.10. The Bertz CT molecular complexity index is 518. The average molecular weight is 256 g/mol. The Labute approximate surface area is 88.5 Å². The molecule has 0 spiro atoms. The van der Waals surface area contributed by atoms with Gasteiger partial charge in [0.15, 0.2) is 6.29 Å². The lowest BCUT2D eigenvalue weighted by Gasteiger charge is -1.96. The second kappa shape index (κ2) is 3.20. The summed E-state index contributed by atoms with van der Waals surface area (Å²) in [6.07, 6.45) is 0.662. The van der Waals surface area contributed by atoms with Crippen LogP contribution in [0.1, 0.15) is 10.4 Å². The molecule has 0 fully saturated rings. The molecular weight excluding hydrogens is 249 g/mol. The highest BCUT2D eigenvalue weighted by Gasteiger charge is 2.15. The maximum atomic E-state index is 13.4. The molecule has 0 saturated carbocycles. The van der Waals surface area contributed by atoms with E-state index in [2.05, 4.69) is 15.9 Å². The fraction of sp³-hybridized carbons (Fsp3) is 0.100. The van der Waals surface area contributed by atoms with Crippen LogP contribution < -0.4 is 0 Å². The van der Waals surface area contributed by atoms with E-state index >= 15 is 0 Å². The minimum atomic E-state index is -0.370. The number of aldehydes is 1. The van der Waals surface area contributed by atoms with E-state index in [1.807, 2.05) is 0 Å². The van der Waals surface area contributed by atoms with Gasteiger partial charge in [-0.05, 0) is 28.1 Å². The number of fused-ring (bicyclic) bond motifs is 1. The van der Waals surface area contributed by atoms with Crippen LogP contribution in [0, 0.1) is 5.82 Å². The second-order valence-corrected chi connectivity index (χ2v) is 3.77. The number of halogens is 2. The van der Waals surface area contributed by atoms with Crippen molar-refractivity contribution in [1.82, 2.24) is 4.57 Å². The molecule has 72 valence electrons. The average Bonchev–Trinajstić information content (AvgIpc) is 2.43. The first kappa shape index (κ1) is 9.40. The van der Waals surface area contributed by atoms with Crippen molar-refractivity contribution in [1.29, 1.82) is 0 Å². The van der Waals surface area contributed by atoms with Crippen molar-refractivity contribution in [2.75, 3.05) is 0 Å². The summed E-state index contributed by atoms with van der Waals surface area (Å²) >= 11 is 3.25. The molecule has 0 bridgehead atoms. The number of carbonyl (C=O) groups excluding carboxylic acids is 1. The molecule has 1 aromatic heterocycles. The van der Waals surface area contributed by atoms with Crippen LogP contribution in [0.3, 0.4) is 0 Å². The number of hydrogen-bond acceptors (Lipinski definition) is 1. The van der Waals surface area contributed by atoms with Crippen molar-refractivity contribution in [3.63, 3.8) is 0 Å². The maximum absolute atomic E-state index is 13.4. The van der Waals surface area contributed by atoms with E-state index in [4.69, 9.17) is 0 Å². The first-order valence-electron chi connectivity index (χ1n) is 4.04. The summed E-state index contributed by atoms with van der Waals surface area (Å²) in [4.78, 5) is 10.8. The molecule has 2 aromatic rings. The van der Waals surface area contributed by atoms with Gasteiger partial charge >= 0.3 is 0 Å². The predicted molar refractivity (Wildman–Crippen MR) is 56.0 cm³/mol. The van der Waals surface area contributed by atoms with Gasteiger partial charge in [-0.1, -0.05) is 6.07 Å². The molecule has 14 heavy (non-hydrogen) atoms. The van der Waals surface area contributed by atoms with Gasteiger partial charge in [-0.25, -0.2) is 4.39 Å². The summed E-state index contributed by atoms with van der Waals surface area (Å²) in [5.74, 6) is -0.370. The van der Waals surface area contributed by atoms with Crippen molar-refractivity contribution >= 4 is 33.1 Å². The zero-order chi connectivity index (χ0) is 10.3. The van der Waals surface area contributed by atoms with Gasteiger partial charge < -0.3 is 4.57 Å². The molecule has 1 heterocycles. The number of aryl methyl sites for hydroxylation is 1. The van der Waals surface area contributed by atoms with Crippen molar-refractivity contribution in [3.8, 4) is 0 Å². The minimum Gasteiger partial charge on any atom is -0.338 e. The van der Waals surface area contributed by atoms with Gasteiger partial charge in [-0.2, -0.15) is 0 Å². The molecule has 0 unspecified atom stereocenters. The van der Waals surface area contributed by atoms with Crippen LogP contribution in [-0.4, -0.2) is 10.9 Å². The molecule has 0 amide bonds. The van der Waals surface area contributed by atoms with E-state index in [9.17, 15) is 9.18 Å². The Balaban J connectivity index is 3.03. The lowest BCUT2D eigenvalue weighted by molar-refractivity contribution is 0.112. The highest BCUT2D eigenvalue weighted by molar-refractivity contribution is 9.10. The van der Waals surface area contributed by atoms with Crippen LogP contribution in [0.4, 0.5) is 4.39 Å². The van der Waals surface area contributed by atoms with Crippen molar-refractivity contribution in [3.05, 3.63) is 34.2 Å². The summed E-state index contributed by atoms with van der Waals surface area (Å²) in [6, 6.07) is 4.75. The van der Waals surface area contributed by atoms with Gasteiger partial charge in [0.1, 0.15) is 5.82 Å². The van der Waals surface area contributed by atoms with E-state index in [-0.39, 0.29) is 5.82 Å². The molecule has 0 radical (unpaired) electrons. The van der Waals surface area contributed by atoms with E-state index in [0.29, 0.717) is 27.4 Å². The van der Waals surface area contributed by atoms with Gasteiger partial charge in [0.05, 0.1) is 15.7 Å². The molecule has 2 nitrogen and oxygen atoms in total. The SMILES string of the molecule is Cn1c(Br)c(C=O)c2c(F)cccc21. The number of nitrogens with zero attached hydrogens (tertiary/aromatic N) is 1. The number of carbonyl (C=O) groups is 1. The number of rotatable bonds is 1. The molecule has 4 heteroatoms. The van der Waals surface area contributed by atoms with Crippen LogP contribution in [0.2, 0.25) is 0 Å². The fourth-order valence-corrected chi connectivity index (χ4v) is 2.04. The van der Waals surface area contributed by atoms with E-state index < -0.39 is 0 Å². The lowest BCUT2D eigenvalue weighted by Crippen LogP contribution is -1.86. The highest BCUT2D eigenvalue weighted by Crippen LogP contribution is 2.29. The molecule has 1 aromatic carbocycles. The quantitative estimate of drug-likeness (QED) is 0.719. The summed E-state index contributed by atoms with van der Waals surface area (Å²) in [6.45, 7) is 0. The Morgan fingerprint density at radius 1 is 1.50 bits per heavy atom. The third-order valence-corrected chi connectivity index (χ3v) is 3.22. The zero-order valence-electron chi connectivity index (χ0n) is 7.42. The van der Waals surface area contributed by atoms with Crippen LogP contribution in [0.25, 0.3) is 10.9 Å². The van der Waals surface area contributed by atoms with Gasteiger partial charge in [-0.3, -0.25) is 4.79 Å². The first-order valence-corrected chi connectivity index (χ1v) is 4.83. The topological polar surface area (TPSA) is 22.0 Å². The molecular formula is C10H7BrFNO. The summed E-state index contributed by atoms with van der Waals surface area (Å²) in [5.41, 5.74) is 1.07. The van der Waals surface area contributed by atoms with Gasteiger partial charge in [0.2, 0.25) is 0 Å². The van der Waals surface area contributed by atoms with E-state index in [1.165, 1.54) is 6.07 Å². The molecule has 0 atom stereocenters.